The molecule has 1 aromatic heterocycles. The van der Waals surface area contributed by atoms with E-state index in [1.54, 1.807) is 29.5 Å². The second kappa shape index (κ2) is 5.42. The van der Waals surface area contributed by atoms with Crippen LogP contribution in [-0.4, -0.2) is 5.91 Å². The van der Waals surface area contributed by atoms with E-state index in [9.17, 15) is 4.79 Å². The summed E-state index contributed by atoms with van der Waals surface area (Å²) in [6, 6.07) is 6.81. The molecule has 1 unspecified atom stereocenters. The first-order chi connectivity index (χ1) is 8.58. The van der Waals surface area contributed by atoms with E-state index < -0.39 is 0 Å². The van der Waals surface area contributed by atoms with Crippen molar-refractivity contribution in [1.82, 2.24) is 5.32 Å². The zero-order chi connectivity index (χ0) is 13.1. The fourth-order valence-electron chi connectivity index (χ4n) is 1.62. The molecule has 3 N–H and O–H groups in total. The Balaban J connectivity index is 2.12. The minimum atomic E-state index is -0.192. The normalized spacial score (nSPS) is 12.1. The van der Waals surface area contributed by atoms with Crippen LogP contribution in [0.15, 0.2) is 35.0 Å². The number of anilines is 1. The van der Waals surface area contributed by atoms with Gasteiger partial charge in [-0.15, -0.1) is 0 Å². The Labute approximate surface area is 115 Å². The number of nitrogens with two attached hydrogens (primary N) is 1. The van der Waals surface area contributed by atoms with Gasteiger partial charge in [0.05, 0.1) is 11.6 Å². The highest BCUT2D eigenvalue weighted by Crippen LogP contribution is 2.20. The summed E-state index contributed by atoms with van der Waals surface area (Å²) in [4.78, 5) is 12.1. The number of rotatable bonds is 3. The summed E-state index contributed by atoms with van der Waals surface area (Å²) in [6.45, 7) is 1.94. The molecule has 0 spiro atoms. The lowest BCUT2D eigenvalue weighted by atomic mass is 10.1. The molecular formula is C13H13ClN2OS. The maximum Gasteiger partial charge on any atom is 0.253 e. The van der Waals surface area contributed by atoms with Gasteiger partial charge in [-0.1, -0.05) is 11.6 Å². The number of amides is 1. The molecule has 1 heterocycles. The van der Waals surface area contributed by atoms with Crippen molar-refractivity contribution >= 4 is 34.5 Å². The third kappa shape index (κ3) is 2.83. The summed E-state index contributed by atoms with van der Waals surface area (Å²) < 4.78 is 0. The van der Waals surface area contributed by atoms with Gasteiger partial charge in [0.25, 0.3) is 5.91 Å². The minimum absolute atomic E-state index is 0.0428. The number of halogens is 1. The molecule has 0 fully saturated rings. The van der Waals surface area contributed by atoms with Crippen LogP contribution in [0.5, 0.6) is 0 Å². The Morgan fingerprint density at radius 2 is 2.22 bits per heavy atom. The van der Waals surface area contributed by atoms with Crippen molar-refractivity contribution in [3.8, 4) is 0 Å². The van der Waals surface area contributed by atoms with Gasteiger partial charge >= 0.3 is 0 Å². The van der Waals surface area contributed by atoms with Crippen LogP contribution in [0.3, 0.4) is 0 Å². The lowest BCUT2D eigenvalue weighted by Gasteiger charge is -2.13. The molecule has 3 nitrogen and oxygen atoms in total. The highest BCUT2D eigenvalue weighted by atomic mass is 35.5. The third-order valence-corrected chi connectivity index (χ3v) is 3.59. The van der Waals surface area contributed by atoms with Crippen LogP contribution in [0, 0.1) is 0 Å². The average molecular weight is 281 g/mol. The van der Waals surface area contributed by atoms with Crippen molar-refractivity contribution in [2.45, 2.75) is 13.0 Å². The summed E-state index contributed by atoms with van der Waals surface area (Å²) in [5.41, 5.74) is 7.69. The maximum atomic E-state index is 12.1. The summed E-state index contributed by atoms with van der Waals surface area (Å²) in [6.07, 6.45) is 0. The van der Waals surface area contributed by atoms with Gasteiger partial charge in [0.15, 0.2) is 0 Å². The second-order valence-corrected chi connectivity index (χ2v) is 5.20. The molecule has 18 heavy (non-hydrogen) atoms. The number of nitrogen functional groups attached to an aromatic ring is 1. The minimum Gasteiger partial charge on any atom is -0.398 e. The summed E-state index contributed by atoms with van der Waals surface area (Å²) >= 11 is 7.40. The molecule has 1 amide bonds. The molecule has 2 rings (SSSR count). The number of carbonyl (C=O) groups is 1. The summed E-state index contributed by atoms with van der Waals surface area (Å²) in [7, 11) is 0. The summed E-state index contributed by atoms with van der Waals surface area (Å²) in [5, 5.41) is 7.42. The van der Waals surface area contributed by atoms with E-state index in [0.29, 0.717) is 16.3 Å². The highest BCUT2D eigenvalue weighted by molar-refractivity contribution is 7.07. The van der Waals surface area contributed by atoms with Crippen molar-refractivity contribution in [2.75, 3.05) is 5.73 Å². The fraction of sp³-hybridized carbons (Fsp3) is 0.154. The van der Waals surface area contributed by atoms with Gasteiger partial charge in [-0.25, -0.2) is 0 Å². The van der Waals surface area contributed by atoms with E-state index >= 15 is 0 Å². The van der Waals surface area contributed by atoms with E-state index in [2.05, 4.69) is 5.32 Å². The van der Waals surface area contributed by atoms with Crippen molar-refractivity contribution in [1.29, 1.82) is 0 Å². The van der Waals surface area contributed by atoms with Crippen LogP contribution in [0.2, 0.25) is 5.02 Å². The van der Waals surface area contributed by atoms with Gasteiger partial charge in [0.2, 0.25) is 0 Å². The Morgan fingerprint density at radius 3 is 2.83 bits per heavy atom. The van der Waals surface area contributed by atoms with Gasteiger partial charge in [-0.05, 0) is 47.5 Å². The second-order valence-electron chi connectivity index (χ2n) is 3.98. The van der Waals surface area contributed by atoms with E-state index in [1.807, 2.05) is 23.8 Å². The Morgan fingerprint density at radius 1 is 1.44 bits per heavy atom. The SMILES string of the molecule is CC(NC(=O)c1ccc(Cl)cc1N)c1ccsc1. The molecule has 0 saturated heterocycles. The zero-order valence-electron chi connectivity index (χ0n) is 9.81. The topological polar surface area (TPSA) is 55.1 Å². The molecule has 1 atom stereocenters. The maximum absolute atomic E-state index is 12.1. The monoisotopic (exact) mass is 280 g/mol. The van der Waals surface area contributed by atoms with Crippen LogP contribution >= 0.6 is 22.9 Å². The lowest BCUT2D eigenvalue weighted by molar-refractivity contribution is 0.0941. The molecule has 0 radical (unpaired) electrons. The van der Waals surface area contributed by atoms with E-state index in [-0.39, 0.29) is 11.9 Å². The molecular weight excluding hydrogens is 268 g/mol. The van der Waals surface area contributed by atoms with E-state index in [4.69, 9.17) is 17.3 Å². The van der Waals surface area contributed by atoms with Crippen LogP contribution in [0.25, 0.3) is 0 Å². The smallest absolute Gasteiger partial charge is 0.253 e. The average Bonchev–Trinajstić information content (AvgIpc) is 2.81. The van der Waals surface area contributed by atoms with Gasteiger partial charge < -0.3 is 11.1 Å². The first-order valence-corrected chi connectivity index (χ1v) is 6.78. The molecule has 1 aromatic carbocycles. The molecule has 0 bridgehead atoms. The predicted octanol–water partition coefficient (Wildman–Crippen LogP) is 3.47. The molecule has 0 aliphatic rings. The van der Waals surface area contributed by atoms with E-state index in [1.165, 1.54) is 0 Å². The Bertz CT molecular complexity index is 554. The first kappa shape index (κ1) is 12.9. The number of thiophene rings is 1. The van der Waals surface area contributed by atoms with Crippen molar-refractivity contribution in [3.63, 3.8) is 0 Å². The van der Waals surface area contributed by atoms with E-state index in [0.717, 1.165) is 5.56 Å². The molecule has 5 heteroatoms. The first-order valence-electron chi connectivity index (χ1n) is 5.46. The highest BCUT2D eigenvalue weighted by Gasteiger charge is 2.14. The van der Waals surface area contributed by atoms with Gasteiger partial charge in [0.1, 0.15) is 0 Å². The Kier molecular flexibility index (Phi) is 3.89. The molecule has 2 aromatic rings. The van der Waals surface area contributed by atoms with Crippen molar-refractivity contribution in [2.24, 2.45) is 0 Å². The largest absolute Gasteiger partial charge is 0.398 e. The fourth-order valence-corrected chi connectivity index (χ4v) is 2.55. The third-order valence-electron chi connectivity index (χ3n) is 2.65. The van der Waals surface area contributed by atoms with Gasteiger partial charge in [-0.3, -0.25) is 4.79 Å². The van der Waals surface area contributed by atoms with Gasteiger partial charge in [0, 0.05) is 10.7 Å². The van der Waals surface area contributed by atoms with Crippen LogP contribution in [-0.2, 0) is 0 Å². The summed E-state index contributed by atoms with van der Waals surface area (Å²) in [5.74, 6) is -0.192. The zero-order valence-corrected chi connectivity index (χ0v) is 11.4. The van der Waals surface area contributed by atoms with Crippen LogP contribution in [0.4, 0.5) is 5.69 Å². The Hall–Kier alpha value is -1.52. The van der Waals surface area contributed by atoms with Crippen molar-refractivity contribution < 1.29 is 4.79 Å². The molecule has 0 saturated carbocycles. The number of benzene rings is 1. The number of carbonyl (C=O) groups excluding carboxylic acids is 1. The predicted molar refractivity (Wildman–Crippen MR) is 76.1 cm³/mol. The van der Waals surface area contributed by atoms with Crippen LogP contribution < -0.4 is 11.1 Å². The number of hydrogen-bond donors (Lipinski definition) is 2. The van der Waals surface area contributed by atoms with Crippen LogP contribution in [0.1, 0.15) is 28.9 Å². The quantitative estimate of drug-likeness (QED) is 0.846. The van der Waals surface area contributed by atoms with Crippen molar-refractivity contribution in [3.05, 3.63) is 51.2 Å². The molecule has 94 valence electrons. The number of hydrogen-bond acceptors (Lipinski definition) is 3. The lowest BCUT2D eigenvalue weighted by Crippen LogP contribution is -2.27. The standard InChI is InChI=1S/C13H13ClN2OS/c1-8(9-4-5-18-7-9)16-13(17)11-3-2-10(14)6-12(11)15/h2-8H,15H2,1H3,(H,16,17). The molecule has 0 aliphatic carbocycles. The molecule has 0 aliphatic heterocycles. The van der Waals surface area contributed by atoms with Gasteiger partial charge in [-0.2, -0.15) is 11.3 Å². The number of nitrogens with one attached hydrogen (secondary N) is 1.